The number of rotatable bonds is 5. The number of amides is 1. The molecule has 2 heterocycles. The average Bonchev–Trinajstić information content (AvgIpc) is 3.28. The summed E-state index contributed by atoms with van der Waals surface area (Å²) >= 11 is 1.03. The Balaban J connectivity index is 1.82. The number of nitrogens with one attached hydrogen (secondary N) is 1. The van der Waals surface area contributed by atoms with Crippen molar-refractivity contribution in [1.82, 2.24) is 4.31 Å². The van der Waals surface area contributed by atoms with Crippen LogP contribution in [0.25, 0.3) is 0 Å². The van der Waals surface area contributed by atoms with Crippen molar-refractivity contribution in [1.29, 1.82) is 0 Å². The van der Waals surface area contributed by atoms with E-state index in [4.69, 9.17) is 0 Å². The fourth-order valence-electron chi connectivity index (χ4n) is 3.01. The van der Waals surface area contributed by atoms with Crippen LogP contribution in [0.5, 0.6) is 0 Å². The van der Waals surface area contributed by atoms with Crippen LogP contribution in [-0.4, -0.2) is 31.7 Å². The number of carbonyl (C=O) groups excluding carboxylic acids is 1. The Morgan fingerprint density at radius 2 is 1.92 bits per heavy atom. The molecule has 1 amide bonds. The van der Waals surface area contributed by atoms with Crippen LogP contribution in [0, 0.1) is 6.92 Å². The normalized spacial score (nSPS) is 15.4. The molecule has 2 aromatic rings. The number of sulfonamides is 1. The van der Waals surface area contributed by atoms with E-state index in [0.717, 1.165) is 47.4 Å². The highest BCUT2D eigenvalue weighted by atomic mass is 32.2. The van der Waals surface area contributed by atoms with E-state index in [1.165, 1.54) is 10.4 Å². The molecule has 5 nitrogen and oxygen atoms in total. The minimum atomic E-state index is -3.47. The molecule has 0 radical (unpaired) electrons. The summed E-state index contributed by atoms with van der Waals surface area (Å²) in [7, 11) is -3.47. The Morgan fingerprint density at radius 3 is 2.60 bits per heavy atom. The molecule has 1 N–H and O–H groups in total. The molecular weight excluding hydrogens is 356 g/mol. The number of hydrogen-bond donors (Lipinski definition) is 1. The Hall–Kier alpha value is -1.70. The maximum Gasteiger partial charge on any atom is 0.265 e. The van der Waals surface area contributed by atoms with E-state index in [0.29, 0.717) is 18.0 Å². The first kappa shape index (κ1) is 18.1. The molecule has 0 saturated carbocycles. The van der Waals surface area contributed by atoms with Gasteiger partial charge in [0.05, 0.1) is 4.88 Å². The average molecular weight is 379 g/mol. The van der Waals surface area contributed by atoms with Gasteiger partial charge in [0, 0.05) is 18.8 Å². The molecule has 1 aromatic heterocycles. The van der Waals surface area contributed by atoms with Crippen LogP contribution in [0.1, 0.15) is 40.6 Å². The Morgan fingerprint density at radius 1 is 1.20 bits per heavy atom. The van der Waals surface area contributed by atoms with Gasteiger partial charge in [-0.25, -0.2) is 8.42 Å². The van der Waals surface area contributed by atoms with Gasteiger partial charge in [-0.1, -0.05) is 25.1 Å². The standard InChI is InChI=1S/C18H22N2O3S2/c1-3-14-8-6-7-13(2)17(14)19-18(21)15-9-10-16(24-15)25(22,23)20-11-4-5-12-20/h6-10H,3-5,11-12H2,1-2H3,(H,19,21). The third kappa shape index (κ3) is 3.63. The fraction of sp³-hybridized carbons (Fsp3) is 0.389. The molecule has 1 aliphatic heterocycles. The molecule has 1 saturated heterocycles. The molecule has 0 aliphatic carbocycles. The first-order valence-corrected chi connectivity index (χ1v) is 10.7. The first-order valence-electron chi connectivity index (χ1n) is 8.43. The maximum atomic E-state index is 12.6. The van der Waals surface area contributed by atoms with Gasteiger partial charge in [0.15, 0.2) is 0 Å². The minimum Gasteiger partial charge on any atom is -0.321 e. The molecule has 1 fully saturated rings. The number of hydrogen-bond acceptors (Lipinski definition) is 4. The van der Waals surface area contributed by atoms with E-state index in [1.54, 1.807) is 6.07 Å². The summed E-state index contributed by atoms with van der Waals surface area (Å²) in [6.45, 7) is 5.11. The zero-order valence-corrected chi connectivity index (χ0v) is 16.0. The van der Waals surface area contributed by atoms with E-state index in [1.807, 2.05) is 32.0 Å². The number of para-hydroxylation sites is 1. The van der Waals surface area contributed by atoms with Crippen molar-refractivity contribution in [2.75, 3.05) is 18.4 Å². The lowest BCUT2D eigenvalue weighted by Crippen LogP contribution is -2.27. The monoisotopic (exact) mass is 378 g/mol. The molecule has 0 atom stereocenters. The highest BCUT2D eigenvalue weighted by molar-refractivity contribution is 7.91. The molecule has 0 unspecified atom stereocenters. The Labute approximate surface area is 152 Å². The van der Waals surface area contributed by atoms with E-state index in [9.17, 15) is 13.2 Å². The number of anilines is 1. The minimum absolute atomic E-state index is 0.236. The SMILES string of the molecule is CCc1cccc(C)c1NC(=O)c1ccc(S(=O)(=O)N2CCCC2)s1. The van der Waals surface area contributed by atoms with Gasteiger partial charge in [-0.15, -0.1) is 11.3 Å². The topological polar surface area (TPSA) is 66.5 Å². The van der Waals surface area contributed by atoms with E-state index >= 15 is 0 Å². The molecular formula is C18H22N2O3S2. The molecule has 25 heavy (non-hydrogen) atoms. The summed E-state index contributed by atoms with van der Waals surface area (Å²) in [6.07, 6.45) is 2.60. The summed E-state index contributed by atoms with van der Waals surface area (Å²) in [5.41, 5.74) is 2.87. The van der Waals surface area contributed by atoms with E-state index < -0.39 is 10.0 Å². The number of carbonyl (C=O) groups is 1. The molecule has 1 aromatic carbocycles. The van der Waals surface area contributed by atoms with Gasteiger partial charge in [-0.05, 0) is 49.4 Å². The number of aryl methyl sites for hydroxylation is 2. The summed E-state index contributed by atoms with van der Waals surface area (Å²) in [4.78, 5) is 13.0. The second-order valence-corrected chi connectivity index (χ2v) is 9.40. The van der Waals surface area contributed by atoms with Crippen LogP contribution in [0.2, 0.25) is 0 Å². The fourth-order valence-corrected chi connectivity index (χ4v) is 5.89. The second kappa shape index (κ2) is 7.27. The van der Waals surface area contributed by atoms with Gasteiger partial charge < -0.3 is 5.32 Å². The second-order valence-electron chi connectivity index (χ2n) is 6.15. The lowest BCUT2D eigenvalue weighted by atomic mass is 10.1. The largest absolute Gasteiger partial charge is 0.321 e. The van der Waals surface area contributed by atoms with E-state index in [-0.39, 0.29) is 10.1 Å². The van der Waals surface area contributed by atoms with Crippen molar-refractivity contribution in [2.24, 2.45) is 0 Å². The van der Waals surface area contributed by atoms with Gasteiger partial charge in [-0.2, -0.15) is 4.31 Å². The summed E-state index contributed by atoms with van der Waals surface area (Å²) in [6, 6.07) is 9.03. The van der Waals surface area contributed by atoms with Crippen LogP contribution < -0.4 is 5.32 Å². The van der Waals surface area contributed by atoms with Crippen molar-refractivity contribution in [3.63, 3.8) is 0 Å². The van der Waals surface area contributed by atoms with Gasteiger partial charge in [0.2, 0.25) is 0 Å². The van der Waals surface area contributed by atoms with Crippen molar-refractivity contribution in [3.05, 3.63) is 46.3 Å². The molecule has 3 rings (SSSR count). The molecule has 7 heteroatoms. The smallest absolute Gasteiger partial charge is 0.265 e. The molecule has 1 aliphatic rings. The first-order chi connectivity index (χ1) is 11.9. The van der Waals surface area contributed by atoms with Crippen LogP contribution >= 0.6 is 11.3 Å². The summed E-state index contributed by atoms with van der Waals surface area (Å²) in [5.74, 6) is -0.267. The van der Waals surface area contributed by atoms with Gasteiger partial charge in [0.25, 0.3) is 15.9 Å². The summed E-state index contributed by atoms with van der Waals surface area (Å²) < 4.78 is 26.9. The number of benzene rings is 1. The van der Waals surface area contributed by atoms with Crippen LogP contribution in [0.3, 0.4) is 0 Å². The van der Waals surface area contributed by atoms with Crippen molar-refractivity contribution < 1.29 is 13.2 Å². The van der Waals surface area contributed by atoms with E-state index in [2.05, 4.69) is 5.32 Å². The van der Waals surface area contributed by atoms with Crippen LogP contribution in [0.4, 0.5) is 5.69 Å². The third-order valence-corrected chi connectivity index (χ3v) is 7.89. The molecule has 134 valence electrons. The maximum absolute atomic E-state index is 12.6. The summed E-state index contributed by atoms with van der Waals surface area (Å²) in [5, 5.41) is 2.94. The van der Waals surface area contributed by atoms with Crippen LogP contribution in [0.15, 0.2) is 34.5 Å². The lowest BCUT2D eigenvalue weighted by molar-refractivity contribution is 0.103. The predicted molar refractivity (Wildman–Crippen MR) is 101 cm³/mol. The highest BCUT2D eigenvalue weighted by Crippen LogP contribution is 2.29. The Bertz CT molecular complexity index is 881. The zero-order chi connectivity index (χ0) is 18.0. The molecule has 0 spiro atoms. The van der Waals surface area contributed by atoms with Crippen molar-refractivity contribution in [3.8, 4) is 0 Å². The van der Waals surface area contributed by atoms with Crippen molar-refractivity contribution in [2.45, 2.75) is 37.3 Å². The lowest BCUT2D eigenvalue weighted by Gasteiger charge is -2.13. The quantitative estimate of drug-likeness (QED) is 0.863. The number of nitrogens with zero attached hydrogens (tertiary/aromatic N) is 1. The number of thiophene rings is 1. The predicted octanol–water partition coefficient (Wildman–Crippen LogP) is 3.66. The van der Waals surface area contributed by atoms with Gasteiger partial charge >= 0.3 is 0 Å². The Kier molecular flexibility index (Phi) is 5.27. The van der Waals surface area contributed by atoms with Gasteiger partial charge in [-0.3, -0.25) is 4.79 Å². The molecule has 0 bridgehead atoms. The van der Waals surface area contributed by atoms with Crippen molar-refractivity contribution >= 4 is 33.0 Å². The highest BCUT2D eigenvalue weighted by Gasteiger charge is 2.29. The zero-order valence-electron chi connectivity index (χ0n) is 14.4. The third-order valence-electron chi connectivity index (χ3n) is 4.44. The van der Waals surface area contributed by atoms with Gasteiger partial charge in [0.1, 0.15) is 4.21 Å². The van der Waals surface area contributed by atoms with Crippen LogP contribution in [-0.2, 0) is 16.4 Å².